The second-order valence-electron chi connectivity index (χ2n) is 4.19. The van der Waals surface area contributed by atoms with Crippen molar-refractivity contribution in [1.29, 1.82) is 0 Å². The van der Waals surface area contributed by atoms with Crippen LogP contribution >= 0.6 is 0 Å². The summed E-state index contributed by atoms with van der Waals surface area (Å²) in [6, 6.07) is 9.01. The van der Waals surface area contributed by atoms with E-state index >= 15 is 0 Å². The second kappa shape index (κ2) is 7.50. The molecular formula is C15H23. The van der Waals surface area contributed by atoms with Crippen molar-refractivity contribution in [1.82, 2.24) is 0 Å². The molecular weight excluding hydrogens is 180 g/mol. The van der Waals surface area contributed by atoms with Crippen molar-refractivity contribution in [3.05, 3.63) is 41.8 Å². The van der Waals surface area contributed by atoms with Crippen LogP contribution in [0, 0.1) is 6.42 Å². The number of hydrogen-bond acceptors (Lipinski definition) is 0. The van der Waals surface area contributed by atoms with Crippen molar-refractivity contribution >= 4 is 0 Å². The van der Waals surface area contributed by atoms with Gasteiger partial charge >= 0.3 is 0 Å². The van der Waals surface area contributed by atoms with Gasteiger partial charge in [-0.3, -0.25) is 0 Å². The van der Waals surface area contributed by atoms with Crippen molar-refractivity contribution in [2.45, 2.75) is 52.4 Å². The minimum Gasteiger partial charge on any atom is -0.0654 e. The van der Waals surface area contributed by atoms with Crippen LogP contribution in [0.15, 0.2) is 24.3 Å². The van der Waals surface area contributed by atoms with E-state index in [9.17, 15) is 0 Å². The van der Waals surface area contributed by atoms with Gasteiger partial charge in [0.15, 0.2) is 0 Å². The summed E-state index contributed by atoms with van der Waals surface area (Å²) in [4.78, 5) is 0. The Labute approximate surface area is 94.7 Å². The van der Waals surface area contributed by atoms with E-state index < -0.39 is 0 Å². The monoisotopic (exact) mass is 203 g/mol. The van der Waals surface area contributed by atoms with Crippen LogP contribution in [-0.4, -0.2) is 0 Å². The standard InChI is InChI=1S/C15H23/c1-3-5-6-7-9-15-12-10-14(8-4-2)11-13-15/h9-13H,3-8H2,1-2H3. The van der Waals surface area contributed by atoms with E-state index in [0.29, 0.717) is 0 Å². The molecule has 0 heterocycles. The molecule has 1 radical (unpaired) electrons. The Morgan fingerprint density at radius 1 is 0.933 bits per heavy atom. The van der Waals surface area contributed by atoms with E-state index in [1.54, 1.807) is 0 Å². The smallest absolute Gasteiger partial charge is 0.00931 e. The Balaban J connectivity index is 2.29. The highest BCUT2D eigenvalue weighted by Gasteiger charge is 1.95. The highest BCUT2D eigenvalue weighted by atomic mass is 14.0. The molecule has 1 aromatic carbocycles. The van der Waals surface area contributed by atoms with Crippen LogP contribution < -0.4 is 0 Å². The molecule has 0 N–H and O–H groups in total. The lowest BCUT2D eigenvalue weighted by Gasteiger charge is -2.03. The molecule has 1 aromatic rings. The summed E-state index contributed by atoms with van der Waals surface area (Å²) in [6.45, 7) is 4.48. The third-order valence-corrected chi connectivity index (χ3v) is 2.71. The molecule has 0 aliphatic rings. The second-order valence-corrected chi connectivity index (χ2v) is 4.19. The summed E-state index contributed by atoms with van der Waals surface area (Å²) in [5.41, 5.74) is 2.84. The molecule has 0 unspecified atom stereocenters. The van der Waals surface area contributed by atoms with E-state index in [1.807, 2.05) is 0 Å². The quantitative estimate of drug-likeness (QED) is 0.560. The van der Waals surface area contributed by atoms with Crippen molar-refractivity contribution in [2.75, 3.05) is 0 Å². The Morgan fingerprint density at radius 2 is 1.67 bits per heavy atom. The van der Waals surface area contributed by atoms with Crippen LogP contribution in [0.2, 0.25) is 0 Å². The molecule has 0 bridgehead atoms. The summed E-state index contributed by atoms with van der Waals surface area (Å²) < 4.78 is 0. The van der Waals surface area contributed by atoms with Crippen molar-refractivity contribution in [2.24, 2.45) is 0 Å². The summed E-state index contributed by atoms with van der Waals surface area (Å²) in [5, 5.41) is 0. The van der Waals surface area contributed by atoms with Gasteiger partial charge in [-0.2, -0.15) is 0 Å². The van der Waals surface area contributed by atoms with Crippen molar-refractivity contribution in [3.63, 3.8) is 0 Å². The molecule has 0 saturated heterocycles. The minimum absolute atomic E-state index is 1.20. The van der Waals surface area contributed by atoms with E-state index in [-0.39, 0.29) is 0 Å². The molecule has 1 rings (SSSR count). The molecule has 0 atom stereocenters. The number of unbranched alkanes of at least 4 members (excludes halogenated alkanes) is 3. The van der Waals surface area contributed by atoms with Crippen LogP contribution in [-0.2, 0) is 6.42 Å². The lowest BCUT2D eigenvalue weighted by atomic mass is 10.0. The van der Waals surface area contributed by atoms with Gasteiger partial charge in [0, 0.05) is 0 Å². The number of benzene rings is 1. The zero-order valence-electron chi connectivity index (χ0n) is 10.1. The number of aryl methyl sites for hydroxylation is 1. The highest BCUT2D eigenvalue weighted by Crippen LogP contribution is 2.12. The first-order valence-corrected chi connectivity index (χ1v) is 6.29. The van der Waals surface area contributed by atoms with Crippen LogP contribution in [0.5, 0.6) is 0 Å². The van der Waals surface area contributed by atoms with Crippen molar-refractivity contribution < 1.29 is 0 Å². The predicted octanol–water partition coefficient (Wildman–Crippen LogP) is 4.77. The van der Waals surface area contributed by atoms with Gasteiger partial charge in [-0.05, 0) is 30.4 Å². The van der Waals surface area contributed by atoms with Gasteiger partial charge in [-0.1, -0.05) is 63.8 Å². The maximum atomic E-state index is 2.35. The van der Waals surface area contributed by atoms with Gasteiger partial charge in [0.1, 0.15) is 0 Å². The number of rotatable bonds is 7. The largest absolute Gasteiger partial charge is 0.0654 e. The first-order valence-electron chi connectivity index (χ1n) is 6.29. The van der Waals surface area contributed by atoms with E-state index in [1.165, 1.54) is 49.7 Å². The van der Waals surface area contributed by atoms with E-state index in [0.717, 1.165) is 0 Å². The molecule has 0 aromatic heterocycles. The normalized spacial score (nSPS) is 10.5. The molecule has 0 aliphatic carbocycles. The predicted molar refractivity (Wildman–Crippen MR) is 68.0 cm³/mol. The van der Waals surface area contributed by atoms with Crippen LogP contribution in [0.4, 0.5) is 0 Å². The Kier molecular flexibility index (Phi) is 6.15. The van der Waals surface area contributed by atoms with Gasteiger partial charge in [0.05, 0.1) is 0 Å². The van der Waals surface area contributed by atoms with Crippen LogP contribution in [0.25, 0.3) is 0 Å². The average molecular weight is 203 g/mol. The first kappa shape index (κ1) is 12.3. The maximum absolute atomic E-state index is 2.35. The Morgan fingerprint density at radius 3 is 2.27 bits per heavy atom. The number of hydrogen-bond donors (Lipinski definition) is 0. The Bertz CT molecular complexity index is 245. The van der Waals surface area contributed by atoms with E-state index in [2.05, 4.69) is 44.5 Å². The molecule has 0 fully saturated rings. The third kappa shape index (κ3) is 5.01. The summed E-state index contributed by atoms with van der Waals surface area (Å²) in [5.74, 6) is 0. The summed E-state index contributed by atoms with van der Waals surface area (Å²) in [7, 11) is 0. The molecule has 83 valence electrons. The average Bonchev–Trinajstić information content (AvgIpc) is 2.27. The summed E-state index contributed by atoms with van der Waals surface area (Å²) in [6.07, 6.45) is 10.0. The molecule has 0 nitrogen and oxygen atoms in total. The van der Waals surface area contributed by atoms with Gasteiger partial charge in [0.25, 0.3) is 0 Å². The van der Waals surface area contributed by atoms with Gasteiger partial charge in [-0.15, -0.1) is 0 Å². The molecule has 15 heavy (non-hydrogen) atoms. The fourth-order valence-electron chi connectivity index (χ4n) is 1.77. The minimum atomic E-state index is 1.20. The zero-order chi connectivity index (χ0) is 10.9. The lowest BCUT2D eigenvalue weighted by Crippen LogP contribution is -1.86. The zero-order valence-corrected chi connectivity index (χ0v) is 10.1. The van der Waals surface area contributed by atoms with Gasteiger partial charge in [0.2, 0.25) is 0 Å². The fourth-order valence-corrected chi connectivity index (χ4v) is 1.77. The Hall–Kier alpha value is -0.780. The molecule has 0 heteroatoms. The summed E-state index contributed by atoms with van der Waals surface area (Å²) >= 11 is 0. The van der Waals surface area contributed by atoms with Crippen LogP contribution in [0.1, 0.15) is 57.1 Å². The third-order valence-electron chi connectivity index (χ3n) is 2.71. The van der Waals surface area contributed by atoms with Gasteiger partial charge < -0.3 is 0 Å². The fraction of sp³-hybridized carbons (Fsp3) is 0.533. The van der Waals surface area contributed by atoms with Crippen LogP contribution in [0.3, 0.4) is 0 Å². The molecule has 0 saturated carbocycles. The first-order chi connectivity index (χ1) is 7.36. The lowest BCUT2D eigenvalue weighted by molar-refractivity contribution is 0.715. The van der Waals surface area contributed by atoms with Gasteiger partial charge in [-0.25, -0.2) is 0 Å². The maximum Gasteiger partial charge on any atom is -0.00931 e. The molecule has 0 aliphatic heterocycles. The topological polar surface area (TPSA) is 0 Å². The molecule has 0 spiro atoms. The molecule has 0 amide bonds. The highest BCUT2D eigenvalue weighted by molar-refractivity contribution is 5.27. The SMILES string of the molecule is CCCCC[CH]c1ccc(CCC)cc1. The van der Waals surface area contributed by atoms with E-state index in [4.69, 9.17) is 0 Å². The van der Waals surface area contributed by atoms with Crippen molar-refractivity contribution in [3.8, 4) is 0 Å².